The molecule has 2 aromatic rings. The molecule has 0 radical (unpaired) electrons. The number of fused-ring (bicyclic) bond motifs is 1. The Kier molecular flexibility index (Phi) is 8.17. The molecule has 1 unspecified atom stereocenters. The Morgan fingerprint density at radius 3 is 2.55 bits per heavy atom. The Morgan fingerprint density at radius 2 is 1.76 bits per heavy atom. The summed E-state index contributed by atoms with van der Waals surface area (Å²) in [4.78, 5) is 4.28. The fraction of sp³-hybridized carbons (Fsp3) is 0.571. The lowest BCUT2D eigenvalue weighted by Gasteiger charge is -2.39. The Bertz CT molecular complexity index is 759. The number of pyridine rings is 1. The quantitative estimate of drug-likeness (QED) is 0.430. The van der Waals surface area contributed by atoms with Gasteiger partial charge in [0.15, 0.2) is 6.29 Å². The summed E-state index contributed by atoms with van der Waals surface area (Å²) >= 11 is 0. The van der Waals surface area contributed by atoms with Gasteiger partial charge in [0.05, 0.1) is 18.7 Å². The molecule has 1 aliphatic rings. The maximum atomic E-state index is 10.1. The molecule has 1 aromatic heterocycles. The van der Waals surface area contributed by atoms with Crippen LogP contribution in [0, 0.1) is 0 Å². The molecule has 2 heterocycles. The van der Waals surface area contributed by atoms with Crippen molar-refractivity contribution >= 4 is 10.9 Å². The van der Waals surface area contributed by atoms with E-state index in [9.17, 15) is 15.3 Å². The van der Waals surface area contributed by atoms with Crippen LogP contribution < -0.4 is 4.74 Å². The van der Waals surface area contributed by atoms with E-state index < -0.39 is 37.3 Å². The Labute approximate surface area is 169 Å². The summed E-state index contributed by atoms with van der Waals surface area (Å²) in [7, 11) is 0. The summed E-state index contributed by atoms with van der Waals surface area (Å²) in [5.41, 5.74) is 0.942. The molecule has 0 saturated carbocycles. The van der Waals surface area contributed by atoms with Gasteiger partial charge in [0.1, 0.15) is 30.2 Å². The van der Waals surface area contributed by atoms with Gasteiger partial charge in [0, 0.05) is 18.2 Å². The van der Waals surface area contributed by atoms with Crippen molar-refractivity contribution in [1.82, 2.24) is 4.98 Å². The van der Waals surface area contributed by atoms with Gasteiger partial charge in [-0.15, -0.1) is 0 Å². The van der Waals surface area contributed by atoms with E-state index in [1.165, 1.54) is 0 Å². The number of ether oxygens (including phenoxy) is 3. The molecule has 29 heavy (non-hydrogen) atoms. The van der Waals surface area contributed by atoms with Crippen molar-refractivity contribution in [2.24, 2.45) is 0 Å². The zero-order valence-corrected chi connectivity index (χ0v) is 16.3. The van der Waals surface area contributed by atoms with Crippen molar-refractivity contribution in [3.05, 3.63) is 36.5 Å². The lowest BCUT2D eigenvalue weighted by Crippen LogP contribution is -2.59. The number of hydrogen-bond donors (Lipinski definition) is 4. The topological polar surface area (TPSA) is 122 Å². The van der Waals surface area contributed by atoms with E-state index in [2.05, 4.69) is 4.98 Å². The van der Waals surface area contributed by atoms with Crippen LogP contribution in [0.4, 0.5) is 0 Å². The summed E-state index contributed by atoms with van der Waals surface area (Å²) in [5.74, 6) is 0.827. The predicted octanol–water partition coefficient (Wildman–Crippen LogP) is 0.990. The van der Waals surface area contributed by atoms with Crippen molar-refractivity contribution in [2.75, 3.05) is 19.8 Å². The first-order valence-corrected chi connectivity index (χ1v) is 10.00. The van der Waals surface area contributed by atoms with Gasteiger partial charge in [0.2, 0.25) is 0 Å². The van der Waals surface area contributed by atoms with Crippen LogP contribution in [0.3, 0.4) is 0 Å². The second kappa shape index (κ2) is 10.8. The second-order valence-corrected chi connectivity index (χ2v) is 7.18. The van der Waals surface area contributed by atoms with Crippen LogP contribution >= 0.6 is 0 Å². The molecule has 0 aliphatic carbocycles. The summed E-state index contributed by atoms with van der Waals surface area (Å²) < 4.78 is 16.3. The molecule has 3 rings (SSSR count). The highest BCUT2D eigenvalue weighted by molar-refractivity contribution is 5.79. The van der Waals surface area contributed by atoms with Crippen LogP contribution in [0.25, 0.3) is 10.9 Å². The van der Waals surface area contributed by atoms with E-state index in [4.69, 9.17) is 19.3 Å². The van der Waals surface area contributed by atoms with Gasteiger partial charge >= 0.3 is 0 Å². The third kappa shape index (κ3) is 5.85. The van der Waals surface area contributed by atoms with Crippen molar-refractivity contribution < 1.29 is 34.6 Å². The first kappa shape index (κ1) is 21.9. The largest absolute Gasteiger partial charge is 0.494 e. The minimum atomic E-state index is -1.48. The number of aliphatic hydroxyl groups excluding tert-OH is 4. The number of benzene rings is 1. The lowest BCUT2D eigenvalue weighted by molar-refractivity contribution is -0.294. The second-order valence-electron chi connectivity index (χ2n) is 7.18. The van der Waals surface area contributed by atoms with Gasteiger partial charge in [-0.2, -0.15) is 0 Å². The number of aromatic nitrogens is 1. The highest BCUT2D eigenvalue weighted by atomic mass is 16.6. The Hall–Kier alpha value is -1.81. The molecule has 5 atom stereocenters. The number of nitrogens with zero attached hydrogens (tertiary/aromatic N) is 1. The maximum Gasteiger partial charge on any atom is 0.184 e. The fourth-order valence-corrected chi connectivity index (χ4v) is 3.37. The first-order valence-electron chi connectivity index (χ1n) is 10.00. The first-order chi connectivity index (χ1) is 14.1. The average Bonchev–Trinajstić information content (AvgIpc) is 2.74. The standard InChI is InChI=1S/C21H29NO7/c23-13-17-18(24)20(19(25)21(26)29-17)28-11-4-2-1-3-10-27-15-7-8-16-14(12-15)6-5-9-22-16/h5-9,12,17-21,23-26H,1-4,10-11,13H2/t17-,18-,19-,20+,21?/m1/s1. The molecule has 8 heteroatoms. The molecular weight excluding hydrogens is 378 g/mol. The predicted molar refractivity (Wildman–Crippen MR) is 105 cm³/mol. The highest BCUT2D eigenvalue weighted by Gasteiger charge is 2.44. The molecule has 4 N–H and O–H groups in total. The van der Waals surface area contributed by atoms with E-state index in [-0.39, 0.29) is 0 Å². The van der Waals surface area contributed by atoms with Crippen molar-refractivity contribution in [3.8, 4) is 5.75 Å². The van der Waals surface area contributed by atoms with E-state index in [1.54, 1.807) is 6.20 Å². The maximum absolute atomic E-state index is 10.1. The average molecular weight is 407 g/mol. The van der Waals surface area contributed by atoms with Crippen LogP contribution in [0.15, 0.2) is 36.5 Å². The minimum absolute atomic E-state index is 0.336. The normalized spacial score (nSPS) is 27.2. The SMILES string of the molecule is OC[C@H]1OC(O)[C@H](O)[C@@H](OCCCCCCOc2ccc3ncccc3c2)[C@@H]1O. The van der Waals surface area contributed by atoms with Crippen LogP contribution in [0.5, 0.6) is 5.75 Å². The van der Waals surface area contributed by atoms with Crippen LogP contribution in [0.2, 0.25) is 0 Å². The third-order valence-electron chi connectivity index (χ3n) is 5.03. The number of rotatable bonds is 10. The number of unbranched alkanes of at least 4 members (excludes halogenated alkanes) is 3. The van der Waals surface area contributed by atoms with Crippen LogP contribution in [0.1, 0.15) is 25.7 Å². The van der Waals surface area contributed by atoms with E-state index in [1.807, 2.05) is 30.3 Å². The Balaban J connectivity index is 1.29. The number of aliphatic hydroxyl groups is 4. The van der Waals surface area contributed by atoms with Crippen molar-refractivity contribution in [2.45, 2.75) is 56.4 Å². The third-order valence-corrected chi connectivity index (χ3v) is 5.03. The molecule has 0 bridgehead atoms. The summed E-state index contributed by atoms with van der Waals surface area (Å²) in [6.07, 6.45) is -0.694. The minimum Gasteiger partial charge on any atom is -0.494 e. The smallest absolute Gasteiger partial charge is 0.184 e. The highest BCUT2D eigenvalue weighted by Crippen LogP contribution is 2.23. The van der Waals surface area contributed by atoms with Crippen LogP contribution in [-0.2, 0) is 9.47 Å². The summed E-state index contributed by atoms with van der Waals surface area (Å²) in [6.45, 7) is 0.495. The van der Waals surface area contributed by atoms with Gasteiger partial charge in [-0.05, 0) is 43.5 Å². The van der Waals surface area contributed by atoms with Crippen molar-refractivity contribution in [3.63, 3.8) is 0 Å². The molecule has 8 nitrogen and oxygen atoms in total. The van der Waals surface area contributed by atoms with Gasteiger partial charge in [-0.3, -0.25) is 4.98 Å². The monoisotopic (exact) mass is 407 g/mol. The van der Waals surface area contributed by atoms with Gasteiger partial charge in [-0.1, -0.05) is 12.5 Å². The number of hydrogen-bond acceptors (Lipinski definition) is 8. The molecule has 1 saturated heterocycles. The zero-order chi connectivity index (χ0) is 20.6. The lowest BCUT2D eigenvalue weighted by atomic mass is 9.99. The van der Waals surface area contributed by atoms with Crippen molar-refractivity contribution in [1.29, 1.82) is 0 Å². The molecule has 0 amide bonds. The van der Waals surface area contributed by atoms with Gasteiger partial charge in [-0.25, -0.2) is 0 Å². The zero-order valence-electron chi connectivity index (χ0n) is 16.3. The molecule has 1 fully saturated rings. The molecule has 160 valence electrons. The Morgan fingerprint density at radius 1 is 0.966 bits per heavy atom. The van der Waals surface area contributed by atoms with E-state index in [0.717, 1.165) is 42.3 Å². The van der Waals surface area contributed by atoms with E-state index >= 15 is 0 Å². The van der Waals surface area contributed by atoms with Crippen LogP contribution in [-0.4, -0.2) is 75.9 Å². The van der Waals surface area contributed by atoms with Gasteiger partial charge < -0.3 is 34.6 Å². The molecular formula is C21H29NO7. The van der Waals surface area contributed by atoms with E-state index in [0.29, 0.717) is 13.2 Å². The fourth-order valence-electron chi connectivity index (χ4n) is 3.37. The molecule has 1 aliphatic heterocycles. The molecule has 0 spiro atoms. The van der Waals surface area contributed by atoms with Gasteiger partial charge in [0.25, 0.3) is 0 Å². The molecule has 1 aromatic carbocycles. The summed E-state index contributed by atoms with van der Waals surface area (Å²) in [5, 5.41) is 39.8. The summed E-state index contributed by atoms with van der Waals surface area (Å²) in [6, 6.07) is 9.75.